The van der Waals surface area contributed by atoms with Gasteiger partial charge in [0.15, 0.2) is 0 Å². The second kappa shape index (κ2) is 4.61. The lowest BCUT2D eigenvalue weighted by atomic mass is 9.78. The van der Waals surface area contributed by atoms with Gasteiger partial charge in [-0.1, -0.05) is 24.6 Å². The zero-order chi connectivity index (χ0) is 11.5. The van der Waals surface area contributed by atoms with Gasteiger partial charge in [-0.25, -0.2) is 0 Å². The normalized spacial score (nSPS) is 17.8. The number of benzene rings is 1. The van der Waals surface area contributed by atoms with Crippen molar-refractivity contribution in [1.29, 1.82) is 0 Å². The van der Waals surface area contributed by atoms with Gasteiger partial charge in [-0.05, 0) is 25.2 Å². The molecule has 1 aliphatic rings. The van der Waals surface area contributed by atoms with Gasteiger partial charge in [0.1, 0.15) is 0 Å². The van der Waals surface area contributed by atoms with E-state index in [1.807, 2.05) is 6.07 Å². The van der Waals surface area contributed by atoms with Crippen molar-refractivity contribution in [3.63, 3.8) is 0 Å². The van der Waals surface area contributed by atoms with Gasteiger partial charge in [0.2, 0.25) is 0 Å². The number of nitrogens with zero attached hydrogens (tertiary/aromatic N) is 1. The van der Waals surface area contributed by atoms with Crippen molar-refractivity contribution >= 4 is 5.69 Å². The van der Waals surface area contributed by atoms with Crippen molar-refractivity contribution in [2.24, 2.45) is 11.7 Å². The van der Waals surface area contributed by atoms with Crippen LogP contribution in [0.1, 0.15) is 24.8 Å². The highest BCUT2D eigenvalue weighted by Gasteiger charge is 2.26. The van der Waals surface area contributed by atoms with Crippen molar-refractivity contribution < 1.29 is 4.92 Å². The van der Waals surface area contributed by atoms with Crippen molar-refractivity contribution in [3.8, 4) is 0 Å². The molecule has 0 saturated heterocycles. The summed E-state index contributed by atoms with van der Waals surface area (Å²) in [6.07, 6.45) is 4.20. The predicted molar refractivity (Wildman–Crippen MR) is 62.1 cm³/mol. The van der Waals surface area contributed by atoms with E-state index >= 15 is 0 Å². The molecular weight excluding hydrogens is 204 g/mol. The lowest BCUT2D eigenvalue weighted by Gasteiger charge is -2.31. The minimum absolute atomic E-state index is 0.0647. The SMILES string of the molecule is NC(Cc1ccccc1[N+](=O)[O-])C1CCC1. The highest BCUT2D eigenvalue weighted by Crippen LogP contribution is 2.31. The molecule has 1 saturated carbocycles. The van der Waals surface area contributed by atoms with Gasteiger partial charge in [0, 0.05) is 17.7 Å². The summed E-state index contributed by atoms with van der Waals surface area (Å²) < 4.78 is 0. The highest BCUT2D eigenvalue weighted by atomic mass is 16.6. The Balaban J connectivity index is 2.10. The first-order valence-corrected chi connectivity index (χ1v) is 5.66. The van der Waals surface area contributed by atoms with Gasteiger partial charge < -0.3 is 5.73 Å². The van der Waals surface area contributed by atoms with Crippen LogP contribution in [0.4, 0.5) is 5.69 Å². The molecule has 0 radical (unpaired) electrons. The molecule has 1 aliphatic carbocycles. The monoisotopic (exact) mass is 220 g/mol. The van der Waals surface area contributed by atoms with Crippen LogP contribution in [0.2, 0.25) is 0 Å². The molecule has 1 atom stereocenters. The van der Waals surface area contributed by atoms with E-state index in [4.69, 9.17) is 5.73 Å². The fourth-order valence-electron chi connectivity index (χ4n) is 2.15. The highest BCUT2D eigenvalue weighted by molar-refractivity contribution is 5.40. The van der Waals surface area contributed by atoms with Crippen LogP contribution >= 0.6 is 0 Å². The molecule has 86 valence electrons. The smallest absolute Gasteiger partial charge is 0.272 e. The van der Waals surface area contributed by atoms with E-state index in [0.717, 1.165) is 5.56 Å². The standard InChI is InChI=1S/C12H16N2O2/c13-11(9-5-3-6-9)8-10-4-1-2-7-12(10)14(15)16/h1-2,4,7,9,11H,3,5-6,8,13H2. The van der Waals surface area contributed by atoms with Crippen LogP contribution in [0.5, 0.6) is 0 Å². The third-order valence-electron chi connectivity index (χ3n) is 3.40. The molecule has 1 unspecified atom stereocenters. The fraction of sp³-hybridized carbons (Fsp3) is 0.500. The maximum Gasteiger partial charge on any atom is 0.272 e. The van der Waals surface area contributed by atoms with Gasteiger partial charge in [0.25, 0.3) is 5.69 Å². The Hall–Kier alpha value is -1.42. The Morgan fingerprint density at radius 2 is 2.12 bits per heavy atom. The van der Waals surface area contributed by atoms with E-state index in [-0.39, 0.29) is 16.7 Å². The molecule has 1 aromatic rings. The van der Waals surface area contributed by atoms with Gasteiger partial charge in [-0.3, -0.25) is 10.1 Å². The number of nitro groups is 1. The molecule has 1 fully saturated rings. The van der Waals surface area contributed by atoms with Crippen molar-refractivity contribution in [2.75, 3.05) is 0 Å². The van der Waals surface area contributed by atoms with Gasteiger partial charge >= 0.3 is 0 Å². The lowest BCUT2D eigenvalue weighted by molar-refractivity contribution is -0.385. The predicted octanol–water partition coefficient (Wildman–Crippen LogP) is 2.26. The first-order chi connectivity index (χ1) is 7.68. The van der Waals surface area contributed by atoms with E-state index in [2.05, 4.69) is 0 Å². The molecule has 4 heteroatoms. The Bertz CT molecular complexity index is 388. The average Bonchev–Trinajstić information content (AvgIpc) is 2.15. The zero-order valence-corrected chi connectivity index (χ0v) is 9.13. The topological polar surface area (TPSA) is 69.2 Å². The van der Waals surface area contributed by atoms with E-state index in [9.17, 15) is 10.1 Å². The lowest BCUT2D eigenvalue weighted by Crippen LogP contribution is -2.36. The van der Waals surface area contributed by atoms with Gasteiger partial charge in [-0.2, -0.15) is 0 Å². The Morgan fingerprint density at radius 1 is 1.44 bits per heavy atom. The van der Waals surface area contributed by atoms with Crippen LogP contribution in [0, 0.1) is 16.0 Å². The molecule has 16 heavy (non-hydrogen) atoms. The molecule has 0 aromatic heterocycles. The van der Waals surface area contributed by atoms with Crippen LogP contribution in [0.25, 0.3) is 0 Å². The summed E-state index contributed by atoms with van der Waals surface area (Å²) in [5.74, 6) is 0.555. The quantitative estimate of drug-likeness (QED) is 0.625. The molecule has 0 heterocycles. The summed E-state index contributed by atoms with van der Waals surface area (Å²) in [7, 11) is 0. The Morgan fingerprint density at radius 3 is 2.69 bits per heavy atom. The molecular formula is C12H16N2O2. The van der Waals surface area contributed by atoms with Crippen molar-refractivity contribution in [2.45, 2.75) is 31.7 Å². The molecule has 0 amide bonds. The number of para-hydroxylation sites is 1. The number of rotatable bonds is 4. The van der Waals surface area contributed by atoms with Crippen LogP contribution in [0.15, 0.2) is 24.3 Å². The summed E-state index contributed by atoms with van der Waals surface area (Å²) in [6.45, 7) is 0. The summed E-state index contributed by atoms with van der Waals surface area (Å²) >= 11 is 0. The van der Waals surface area contributed by atoms with Crippen molar-refractivity contribution in [1.82, 2.24) is 0 Å². The second-order valence-corrected chi connectivity index (χ2v) is 4.44. The van der Waals surface area contributed by atoms with E-state index in [0.29, 0.717) is 12.3 Å². The van der Waals surface area contributed by atoms with E-state index in [1.54, 1.807) is 18.2 Å². The molecule has 2 N–H and O–H groups in total. The zero-order valence-electron chi connectivity index (χ0n) is 9.13. The first-order valence-electron chi connectivity index (χ1n) is 5.66. The van der Waals surface area contributed by atoms with Gasteiger partial charge in [0.05, 0.1) is 4.92 Å². The molecule has 0 aliphatic heterocycles. The third-order valence-corrected chi connectivity index (χ3v) is 3.40. The number of hydrogen-bond donors (Lipinski definition) is 1. The minimum Gasteiger partial charge on any atom is -0.327 e. The molecule has 4 nitrogen and oxygen atoms in total. The maximum absolute atomic E-state index is 10.8. The first kappa shape index (κ1) is 11.1. The number of hydrogen-bond acceptors (Lipinski definition) is 3. The number of nitro benzene ring substituents is 1. The summed E-state index contributed by atoms with van der Waals surface area (Å²) in [4.78, 5) is 10.5. The van der Waals surface area contributed by atoms with Crippen LogP contribution in [-0.4, -0.2) is 11.0 Å². The Kier molecular flexibility index (Phi) is 3.19. The van der Waals surface area contributed by atoms with Crippen LogP contribution < -0.4 is 5.73 Å². The van der Waals surface area contributed by atoms with E-state index in [1.165, 1.54) is 19.3 Å². The molecule has 2 rings (SSSR count). The van der Waals surface area contributed by atoms with Crippen molar-refractivity contribution in [3.05, 3.63) is 39.9 Å². The van der Waals surface area contributed by atoms with E-state index < -0.39 is 0 Å². The van der Waals surface area contributed by atoms with Crippen LogP contribution in [-0.2, 0) is 6.42 Å². The Labute approximate surface area is 94.6 Å². The summed E-state index contributed by atoms with van der Waals surface area (Å²) in [5, 5.41) is 10.8. The molecule has 0 bridgehead atoms. The molecule has 1 aromatic carbocycles. The fourth-order valence-corrected chi connectivity index (χ4v) is 2.15. The van der Waals surface area contributed by atoms with Gasteiger partial charge in [-0.15, -0.1) is 0 Å². The minimum atomic E-state index is -0.331. The molecule has 0 spiro atoms. The largest absolute Gasteiger partial charge is 0.327 e. The summed E-state index contributed by atoms with van der Waals surface area (Å²) in [5.41, 5.74) is 7.01. The second-order valence-electron chi connectivity index (χ2n) is 4.44. The maximum atomic E-state index is 10.8. The third kappa shape index (κ3) is 2.22. The van der Waals surface area contributed by atoms with Crippen LogP contribution in [0.3, 0.4) is 0 Å². The summed E-state index contributed by atoms with van der Waals surface area (Å²) in [6, 6.07) is 6.93. The number of nitrogens with two attached hydrogens (primary N) is 1. The average molecular weight is 220 g/mol.